The second-order valence-electron chi connectivity index (χ2n) is 3.92. The first-order valence-electron chi connectivity index (χ1n) is 5.71. The van der Waals surface area contributed by atoms with Gasteiger partial charge >= 0.3 is 0 Å². The first-order chi connectivity index (χ1) is 8.22. The Balaban J connectivity index is 2.06. The summed E-state index contributed by atoms with van der Waals surface area (Å²) >= 11 is 1.69. The minimum atomic E-state index is 0.825. The number of aromatic nitrogens is 5. The predicted molar refractivity (Wildman–Crippen MR) is 67.8 cm³/mol. The van der Waals surface area contributed by atoms with Gasteiger partial charge in [0.2, 0.25) is 0 Å². The highest BCUT2D eigenvalue weighted by Gasteiger charge is 2.09. The van der Waals surface area contributed by atoms with E-state index in [0.29, 0.717) is 0 Å². The normalized spacial score (nSPS) is 11.0. The second kappa shape index (κ2) is 5.35. The lowest BCUT2D eigenvalue weighted by atomic mass is 10.5. The van der Waals surface area contributed by atoms with Crippen molar-refractivity contribution in [2.75, 3.05) is 0 Å². The molecule has 17 heavy (non-hydrogen) atoms. The zero-order valence-electron chi connectivity index (χ0n) is 10.4. The van der Waals surface area contributed by atoms with Gasteiger partial charge in [-0.3, -0.25) is 0 Å². The van der Waals surface area contributed by atoms with Gasteiger partial charge < -0.3 is 9.13 Å². The summed E-state index contributed by atoms with van der Waals surface area (Å²) in [5, 5.41) is 9.30. The van der Waals surface area contributed by atoms with E-state index in [2.05, 4.69) is 26.7 Å². The van der Waals surface area contributed by atoms with Crippen LogP contribution in [-0.2, 0) is 19.3 Å². The SMILES string of the molecule is CCCn1c(C)nnc1SCc1nccn1C. The van der Waals surface area contributed by atoms with Crippen molar-refractivity contribution in [2.45, 2.75) is 37.7 Å². The van der Waals surface area contributed by atoms with E-state index in [1.165, 1.54) is 0 Å². The minimum absolute atomic E-state index is 0.825. The molecule has 0 aliphatic heterocycles. The van der Waals surface area contributed by atoms with Crippen LogP contribution in [0.4, 0.5) is 0 Å². The molecule has 0 bridgehead atoms. The maximum absolute atomic E-state index is 4.30. The molecule has 2 aromatic heterocycles. The van der Waals surface area contributed by atoms with Crippen molar-refractivity contribution in [3.05, 3.63) is 24.0 Å². The van der Waals surface area contributed by atoms with E-state index in [1.54, 1.807) is 11.8 Å². The molecule has 0 N–H and O–H groups in total. The van der Waals surface area contributed by atoms with Crippen LogP contribution in [0.1, 0.15) is 25.0 Å². The van der Waals surface area contributed by atoms with Crippen molar-refractivity contribution < 1.29 is 0 Å². The highest BCUT2D eigenvalue weighted by Crippen LogP contribution is 2.21. The highest BCUT2D eigenvalue weighted by molar-refractivity contribution is 7.98. The largest absolute Gasteiger partial charge is 0.337 e. The Morgan fingerprint density at radius 2 is 2.18 bits per heavy atom. The number of imidazole rings is 1. The van der Waals surface area contributed by atoms with Crippen molar-refractivity contribution in [2.24, 2.45) is 7.05 Å². The Kier molecular flexibility index (Phi) is 3.83. The summed E-state index contributed by atoms with van der Waals surface area (Å²) in [6, 6.07) is 0. The molecule has 0 unspecified atom stereocenters. The molecule has 0 fully saturated rings. The Hall–Kier alpha value is -1.30. The molecule has 0 saturated heterocycles. The maximum Gasteiger partial charge on any atom is 0.191 e. The van der Waals surface area contributed by atoms with E-state index < -0.39 is 0 Å². The predicted octanol–water partition coefficient (Wildman–Crippen LogP) is 2.02. The summed E-state index contributed by atoms with van der Waals surface area (Å²) in [5.41, 5.74) is 0. The van der Waals surface area contributed by atoms with Crippen LogP contribution in [-0.4, -0.2) is 24.3 Å². The van der Waals surface area contributed by atoms with E-state index in [4.69, 9.17) is 0 Å². The lowest BCUT2D eigenvalue weighted by Gasteiger charge is -2.06. The number of rotatable bonds is 5. The van der Waals surface area contributed by atoms with E-state index in [9.17, 15) is 0 Å². The van der Waals surface area contributed by atoms with Crippen molar-refractivity contribution in [1.29, 1.82) is 0 Å². The molecule has 0 spiro atoms. The molecule has 0 atom stereocenters. The van der Waals surface area contributed by atoms with E-state index in [-0.39, 0.29) is 0 Å². The van der Waals surface area contributed by atoms with Crippen LogP contribution in [0.2, 0.25) is 0 Å². The molecular weight excluding hydrogens is 234 g/mol. The number of hydrogen-bond acceptors (Lipinski definition) is 4. The molecular formula is C11H17N5S. The van der Waals surface area contributed by atoms with Crippen LogP contribution < -0.4 is 0 Å². The van der Waals surface area contributed by atoms with Gasteiger partial charge in [-0.15, -0.1) is 10.2 Å². The molecule has 2 heterocycles. The smallest absolute Gasteiger partial charge is 0.191 e. The molecule has 6 heteroatoms. The lowest BCUT2D eigenvalue weighted by molar-refractivity contribution is 0.605. The van der Waals surface area contributed by atoms with Gasteiger partial charge in [-0.05, 0) is 13.3 Å². The van der Waals surface area contributed by atoms with Gasteiger partial charge in [-0.2, -0.15) is 0 Å². The zero-order valence-corrected chi connectivity index (χ0v) is 11.2. The van der Waals surface area contributed by atoms with Crippen LogP contribution in [0.25, 0.3) is 0 Å². The topological polar surface area (TPSA) is 48.5 Å². The van der Waals surface area contributed by atoms with E-state index in [1.807, 2.05) is 30.9 Å². The van der Waals surface area contributed by atoms with Crippen LogP contribution >= 0.6 is 11.8 Å². The van der Waals surface area contributed by atoms with Gasteiger partial charge in [0.15, 0.2) is 5.16 Å². The maximum atomic E-state index is 4.30. The summed E-state index contributed by atoms with van der Waals surface area (Å²) in [5.74, 6) is 2.86. The van der Waals surface area contributed by atoms with Gasteiger partial charge in [-0.25, -0.2) is 4.98 Å². The third-order valence-corrected chi connectivity index (χ3v) is 3.56. The number of hydrogen-bond donors (Lipinski definition) is 0. The van der Waals surface area contributed by atoms with Crippen molar-refractivity contribution in [1.82, 2.24) is 24.3 Å². The fourth-order valence-electron chi connectivity index (χ4n) is 1.61. The Labute approximate surface area is 105 Å². The third kappa shape index (κ3) is 2.69. The molecule has 0 radical (unpaired) electrons. The van der Waals surface area contributed by atoms with Crippen molar-refractivity contribution >= 4 is 11.8 Å². The molecule has 2 aromatic rings. The molecule has 5 nitrogen and oxygen atoms in total. The van der Waals surface area contributed by atoms with Gasteiger partial charge in [0.1, 0.15) is 11.6 Å². The summed E-state index contributed by atoms with van der Waals surface area (Å²) in [6.07, 6.45) is 4.87. The molecule has 0 aliphatic carbocycles. The quantitative estimate of drug-likeness (QED) is 0.763. The molecule has 2 rings (SSSR count). The van der Waals surface area contributed by atoms with Crippen LogP contribution in [0.5, 0.6) is 0 Å². The molecule has 0 aliphatic rings. The average Bonchev–Trinajstić information content (AvgIpc) is 2.86. The van der Waals surface area contributed by atoms with Gasteiger partial charge in [-0.1, -0.05) is 18.7 Å². The molecule has 0 amide bonds. The lowest BCUT2D eigenvalue weighted by Crippen LogP contribution is -2.02. The summed E-state index contributed by atoms with van der Waals surface area (Å²) < 4.78 is 4.19. The van der Waals surface area contributed by atoms with Crippen molar-refractivity contribution in [3.63, 3.8) is 0 Å². The standard InChI is InChI=1S/C11H17N5S/c1-4-6-16-9(2)13-14-11(16)17-8-10-12-5-7-15(10)3/h5,7H,4,6,8H2,1-3H3. The third-order valence-electron chi connectivity index (χ3n) is 2.60. The Morgan fingerprint density at radius 3 is 2.82 bits per heavy atom. The van der Waals surface area contributed by atoms with Crippen LogP contribution in [0.3, 0.4) is 0 Å². The summed E-state index contributed by atoms with van der Waals surface area (Å²) in [7, 11) is 2.00. The van der Waals surface area contributed by atoms with Crippen LogP contribution in [0, 0.1) is 6.92 Å². The first-order valence-corrected chi connectivity index (χ1v) is 6.69. The summed E-state index contributed by atoms with van der Waals surface area (Å²) in [6.45, 7) is 5.13. The number of aryl methyl sites for hydroxylation is 2. The molecule has 92 valence electrons. The zero-order chi connectivity index (χ0) is 12.3. The fraction of sp³-hybridized carbons (Fsp3) is 0.545. The van der Waals surface area contributed by atoms with E-state index in [0.717, 1.165) is 35.5 Å². The Bertz CT molecular complexity index is 488. The van der Waals surface area contributed by atoms with Gasteiger partial charge in [0.05, 0.1) is 5.75 Å². The van der Waals surface area contributed by atoms with Crippen molar-refractivity contribution in [3.8, 4) is 0 Å². The highest BCUT2D eigenvalue weighted by atomic mass is 32.2. The fourth-order valence-corrected chi connectivity index (χ4v) is 2.63. The monoisotopic (exact) mass is 251 g/mol. The molecule has 0 saturated carbocycles. The molecule has 0 aromatic carbocycles. The number of thioether (sulfide) groups is 1. The number of nitrogens with zero attached hydrogens (tertiary/aromatic N) is 5. The van der Waals surface area contributed by atoms with Gasteiger partial charge in [0, 0.05) is 26.0 Å². The first kappa shape index (κ1) is 12.2. The van der Waals surface area contributed by atoms with E-state index >= 15 is 0 Å². The second-order valence-corrected chi connectivity index (χ2v) is 4.87. The minimum Gasteiger partial charge on any atom is -0.337 e. The Morgan fingerprint density at radius 1 is 1.35 bits per heavy atom. The average molecular weight is 251 g/mol. The van der Waals surface area contributed by atoms with Crippen LogP contribution in [0.15, 0.2) is 17.6 Å². The summed E-state index contributed by atoms with van der Waals surface area (Å²) in [4.78, 5) is 4.30. The van der Waals surface area contributed by atoms with Gasteiger partial charge in [0.25, 0.3) is 0 Å².